The number of benzene rings is 3. The first kappa shape index (κ1) is 35.3. The molecule has 1 fully saturated rings. The summed E-state index contributed by atoms with van der Waals surface area (Å²) in [5.41, 5.74) is 7.56. The lowest BCUT2D eigenvalue weighted by molar-refractivity contribution is -0.143. The first-order valence-electron chi connectivity index (χ1n) is 17.8. The summed E-state index contributed by atoms with van der Waals surface area (Å²) in [6, 6.07) is 17.4. The lowest BCUT2D eigenvalue weighted by Gasteiger charge is -2.56. The van der Waals surface area contributed by atoms with Gasteiger partial charge in [-0.2, -0.15) is 0 Å². The van der Waals surface area contributed by atoms with Gasteiger partial charge >= 0.3 is 5.97 Å². The third kappa shape index (κ3) is 6.82. The number of carbonyl (C=O) groups excluding carboxylic acids is 1. The van der Waals surface area contributed by atoms with Gasteiger partial charge in [0.15, 0.2) is 0 Å². The van der Waals surface area contributed by atoms with E-state index in [9.17, 15) is 4.79 Å². The van der Waals surface area contributed by atoms with Crippen molar-refractivity contribution in [3.63, 3.8) is 0 Å². The number of fused-ring (bicyclic) bond motifs is 4. The van der Waals surface area contributed by atoms with Crippen LogP contribution in [0.1, 0.15) is 95.8 Å². The van der Waals surface area contributed by atoms with E-state index < -0.39 is 0 Å². The standard InChI is InChI=1S/C41H51BrN2O5/c1-8-48-38(45)11-9-20-49-29-14-15-30(35(22-29)46-6)39-43-33-23-32(42)36(47-7)24-34(33)44(39)25-40(4)18-10-19-41(5)31-16-12-27(26(2)3)21-28(31)13-17-37(40)41/h12,14-16,21-24,26,37H,8-11,13,17-20,25H2,1-7H3/t37-,40+,41+/m0/s1. The molecule has 4 aromatic rings. The summed E-state index contributed by atoms with van der Waals surface area (Å²) in [5, 5.41) is 0. The quantitative estimate of drug-likeness (QED) is 0.107. The number of aryl methyl sites for hydroxylation is 1. The lowest BCUT2D eigenvalue weighted by Crippen LogP contribution is -2.50. The number of hydrogen-bond donors (Lipinski definition) is 0. The number of esters is 1. The van der Waals surface area contributed by atoms with Crippen molar-refractivity contribution in [1.29, 1.82) is 0 Å². The fraction of sp³-hybridized carbons (Fsp3) is 0.512. The summed E-state index contributed by atoms with van der Waals surface area (Å²) < 4.78 is 26.1. The van der Waals surface area contributed by atoms with Gasteiger partial charge in [0, 0.05) is 25.1 Å². The van der Waals surface area contributed by atoms with E-state index in [1.807, 2.05) is 25.1 Å². The van der Waals surface area contributed by atoms with E-state index in [0.29, 0.717) is 49.4 Å². The number of hydrogen-bond acceptors (Lipinski definition) is 6. The van der Waals surface area contributed by atoms with Crippen LogP contribution in [0.25, 0.3) is 22.4 Å². The fourth-order valence-electron chi connectivity index (χ4n) is 8.79. The second kappa shape index (κ2) is 14.4. The first-order valence-corrected chi connectivity index (χ1v) is 18.6. The Hall–Kier alpha value is -3.52. The maximum Gasteiger partial charge on any atom is 0.305 e. The Kier molecular flexibility index (Phi) is 10.4. The van der Waals surface area contributed by atoms with Gasteiger partial charge < -0.3 is 23.5 Å². The molecule has 0 bridgehead atoms. The van der Waals surface area contributed by atoms with Gasteiger partial charge in [-0.25, -0.2) is 4.98 Å². The van der Waals surface area contributed by atoms with Gasteiger partial charge in [-0.05, 0) is 113 Å². The average Bonchev–Trinajstić information content (AvgIpc) is 3.41. The number of aromatic nitrogens is 2. The molecule has 0 spiro atoms. The first-order chi connectivity index (χ1) is 23.5. The topological polar surface area (TPSA) is 71.8 Å². The zero-order valence-corrected chi connectivity index (χ0v) is 31.7. The highest BCUT2D eigenvalue weighted by Gasteiger charge is 2.52. The fourth-order valence-corrected chi connectivity index (χ4v) is 9.28. The predicted octanol–water partition coefficient (Wildman–Crippen LogP) is 10.0. The second-order valence-corrected chi connectivity index (χ2v) is 15.6. The average molecular weight is 732 g/mol. The molecule has 0 unspecified atom stereocenters. The molecule has 6 rings (SSSR count). The third-order valence-electron chi connectivity index (χ3n) is 11.2. The molecule has 0 amide bonds. The molecule has 1 heterocycles. The van der Waals surface area contributed by atoms with Crippen LogP contribution in [0.4, 0.5) is 0 Å². The zero-order valence-electron chi connectivity index (χ0n) is 30.2. The predicted molar refractivity (Wildman–Crippen MR) is 199 cm³/mol. The summed E-state index contributed by atoms with van der Waals surface area (Å²) in [4.78, 5) is 17.0. The van der Waals surface area contributed by atoms with E-state index in [4.69, 9.17) is 23.9 Å². The second-order valence-electron chi connectivity index (χ2n) is 14.7. The number of methoxy groups -OCH3 is 2. The Labute approximate surface area is 299 Å². The van der Waals surface area contributed by atoms with E-state index in [0.717, 1.165) is 52.0 Å². The molecule has 1 aromatic heterocycles. The van der Waals surface area contributed by atoms with Crippen LogP contribution in [0.2, 0.25) is 0 Å². The number of imidazole rings is 1. The van der Waals surface area contributed by atoms with Crippen LogP contribution in [-0.4, -0.2) is 43.0 Å². The molecule has 7 nitrogen and oxygen atoms in total. The Balaban J connectivity index is 1.37. The molecule has 0 aliphatic heterocycles. The summed E-state index contributed by atoms with van der Waals surface area (Å²) >= 11 is 3.70. The van der Waals surface area contributed by atoms with Crippen molar-refractivity contribution < 1.29 is 23.7 Å². The molecule has 0 N–H and O–H groups in total. The minimum absolute atomic E-state index is 0.0410. The number of nitrogens with zero attached hydrogens (tertiary/aromatic N) is 2. The maximum absolute atomic E-state index is 11.8. The van der Waals surface area contributed by atoms with Gasteiger partial charge in [-0.15, -0.1) is 0 Å². The number of ether oxygens (including phenoxy) is 4. The van der Waals surface area contributed by atoms with Crippen molar-refractivity contribution in [1.82, 2.24) is 9.55 Å². The minimum atomic E-state index is -0.203. The highest BCUT2D eigenvalue weighted by molar-refractivity contribution is 9.10. The van der Waals surface area contributed by atoms with E-state index in [-0.39, 0.29) is 16.8 Å². The molecule has 0 radical (unpaired) electrons. The Bertz CT molecular complexity index is 1830. The van der Waals surface area contributed by atoms with E-state index in [2.05, 4.69) is 78.5 Å². The van der Waals surface area contributed by atoms with E-state index >= 15 is 0 Å². The number of halogens is 1. The minimum Gasteiger partial charge on any atom is -0.496 e. The Morgan fingerprint density at radius 2 is 1.84 bits per heavy atom. The molecular formula is C41H51BrN2O5. The van der Waals surface area contributed by atoms with Gasteiger partial charge in [0.25, 0.3) is 0 Å². The molecular weight excluding hydrogens is 680 g/mol. The Morgan fingerprint density at radius 3 is 2.57 bits per heavy atom. The molecule has 2 aliphatic carbocycles. The summed E-state index contributed by atoms with van der Waals surface area (Å²) in [5.74, 6) is 3.89. The SMILES string of the molecule is CCOC(=O)CCCOc1ccc(-c2nc3cc(Br)c(OC)cc3n2C[C@@]2(C)CCC[C@]3(C)c4ccc(C(C)C)cc4CC[C@@H]23)c(OC)c1. The van der Waals surface area contributed by atoms with Crippen molar-refractivity contribution in [3.05, 3.63) is 69.7 Å². The molecule has 8 heteroatoms. The highest BCUT2D eigenvalue weighted by atomic mass is 79.9. The molecule has 2 aliphatic rings. The largest absolute Gasteiger partial charge is 0.496 e. The zero-order chi connectivity index (χ0) is 34.9. The van der Waals surface area contributed by atoms with E-state index in [1.165, 1.54) is 24.8 Å². The van der Waals surface area contributed by atoms with Crippen molar-refractivity contribution in [2.24, 2.45) is 11.3 Å². The van der Waals surface area contributed by atoms with Gasteiger partial charge in [0.2, 0.25) is 0 Å². The summed E-state index contributed by atoms with van der Waals surface area (Å²) in [6.07, 6.45) is 6.79. The smallest absolute Gasteiger partial charge is 0.305 e. The highest BCUT2D eigenvalue weighted by Crippen LogP contribution is 2.58. The molecule has 0 saturated heterocycles. The van der Waals surface area contributed by atoms with Gasteiger partial charge in [0.05, 0.1) is 48.5 Å². The van der Waals surface area contributed by atoms with Crippen molar-refractivity contribution >= 4 is 32.9 Å². The van der Waals surface area contributed by atoms with Crippen molar-refractivity contribution in [2.75, 3.05) is 27.4 Å². The van der Waals surface area contributed by atoms with Crippen molar-refractivity contribution in [3.8, 4) is 28.6 Å². The Morgan fingerprint density at radius 1 is 1.04 bits per heavy atom. The van der Waals surface area contributed by atoms with Gasteiger partial charge in [0.1, 0.15) is 23.1 Å². The van der Waals surface area contributed by atoms with E-state index in [1.54, 1.807) is 25.3 Å². The van der Waals surface area contributed by atoms with Crippen LogP contribution in [0.5, 0.6) is 17.2 Å². The lowest BCUT2D eigenvalue weighted by atomic mass is 9.49. The number of carbonyl (C=O) groups is 1. The van der Waals surface area contributed by atoms with Crippen LogP contribution < -0.4 is 14.2 Å². The summed E-state index contributed by atoms with van der Waals surface area (Å²) in [6.45, 7) is 13.1. The molecule has 262 valence electrons. The van der Waals surface area contributed by atoms with Crippen molar-refractivity contribution in [2.45, 2.75) is 97.4 Å². The third-order valence-corrected chi connectivity index (χ3v) is 11.8. The van der Waals surface area contributed by atoms with Crippen LogP contribution in [-0.2, 0) is 27.9 Å². The molecule has 3 aromatic carbocycles. The van der Waals surface area contributed by atoms with Gasteiger partial charge in [-0.1, -0.05) is 52.3 Å². The normalized spacial score (nSPS) is 21.7. The maximum atomic E-state index is 11.8. The van der Waals surface area contributed by atoms with Gasteiger partial charge in [-0.3, -0.25) is 4.79 Å². The van der Waals surface area contributed by atoms with Crippen LogP contribution in [0, 0.1) is 11.3 Å². The van der Waals surface area contributed by atoms with Crippen LogP contribution in [0.15, 0.2) is 53.0 Å². The van der Waals surface area contributed by atoms with Crippen LogP contribution >= 0.6 is 15.9 Å². The molecule has 3 atom stereocenters. The number of rotatable bonds is 12. The molecule has 49 heavy (non-hydrogen) atoms. The summed E-state index contributed by atoms with van der Waals surface area (Å²) in [7, 11) is 3.40. The molecule has 1 saturated carbocycles. The monoisotopic (exact) mass is 730 g/mol. The van der Waals surface area contributed by atoms with Crippen LogP contribution in [0.3, 0.4) is 0 Å².